The molecule has 26 heavy (non-hydrogen) atoms. The zero-order valence-corrected chi connectivity index (χ0v) is 16.8. The number of carbonyl (C=O) groups is 1. The Bertz CT molecular complexity index is 553. The van der Waals surface area contributed by atoms with Gasteiger partial charge < -0.3 is 20.7 Å². The molecule has 0 fully saturated rings. The summed E-state index contributed by atoms with van der Waals surface area (Å²) in [4.78, 5) is 16.0. The standard InChI is InChI=1S/C20H34N4O2/c1-16(17-10-7-6-8-11-17)26-15-9-12-23-19(21-5)24-14-13-22-18(25)20(2,3)4/h6-8,10-11,16H,9,12-15H2,1-5H3,(H,22,25)(H2,21,23,24). The normalized spacial score (nSPS) is 13.2. The maximum Gasteiger partial charge on any atom is 0.225 e. The third-order valence-corrected chi connectivity index (χ3v) is 3.86. The number of aliphatic imine (C=N–C) groups is 1. The molecule has 0 heterocycles. The molecule has 1 amide bonds. The molecule has 0 aliphatic heterocycles. The van der Waals surface area contributed by atoms with E-state index >= 15 is 0 Å². The van der Waals surface area contributed by atoms with Gasteiger partial charge in [-0.3, -0.25) is 9.79 Å². The summed E-state index contributed by atoms with van der Waals surface area (Å²) in [6.07, 6.45) is 0.985. The molecule has 6 nitrogen and oxygen atoms in total. The molecule has 1 unspecified atom stereocenters. The molecule has 6 heteroatoms. The molecule has 0 aliphatic rings. The summed E-state index contributed by atoms with van der Waals surface area (Å²) in [6, 6.07) is 10.2. The molecule has 1 aromatic rings. The lowest BCUT2D eigenvalue weighted by molar-refractivity contribution is -0.128. The van der Waals surface area contributed by atoms with Gasteiger partial charge in [-0.05, 0) is 18.9 Å². The van der Waals surface area contributed by atoms with Gasteiger partial charge in [-0.1, -0.05) is 51.1 Å². The first-order valence-corrected chi connectivity index (χ1v) is 9.24. The van der Waals surface area contributed by atoms with Crippen LogP contribution in [0.3, 0.4) is 0 Å². The van der Waals surface area contributed by atoms with Crippen molar-refractivity contribution in [3.63, 3.8) is 0 Å². The quantitative estimate of drug-likeness (QED) is 0.358. The van der Waals surface area contributed by atoms with Crippen molar-refractivity contribution in [3.05, 3.63) is 35.9 Å². The van der Waals surface area contributed by atoms with E-state index in [1.165, 1.54) is 5.56 Å². The molecule has 0 saturated heterocycles. The molecule has 0 aliphatic carbocycles. The smallest absolute Gasteiger partial charge is 0.225 e. The Morgan fingerprint density at radius 2 is 1.69 bits per heavy atom. The number of ether oxygens (including phenoxy) is 1. The van der Waals surface area contributed by atoms with Crippen LogP contribution in [-0.2, 0) is 9.53 Å². The lowest BCUT2D eigenvalue weighted by Crippen LogP contribution is -2.43. The van der Waals surface area contributed by atoms with Crippen molar-refractivity contribution in [3.8, 4) is 0 Å². The minimum Gasteiger partial charge on any atom is -0.374 e. The molecule has 0 saturated carbocycles. The van der Waals surface area contributed by atoms with E-state index in [2.05, 4.69) is 40.0 Å². The molecular formula is C20H34N4O2. The van der Waals surface area contributed by atoms with Gasteiger partial charge in [0.25, 0.3) is 0 Å². The van der Waals surface area contributed by atoms with Crippen LogP contribution >= 0.6 is 0 Å². The van der Waals surface area contributed by atoms with E-state index in [0.29, 0.717) is 19.7 Å². The first-order chi connectivity index (χ1) is 12.3. The molecule has 146 valence electrons. The van der Waals surface area contributed by atoms with Crippen LogP contribution in [0.5, 0.6) is 0 Å². The van der Waals surface area contributed by atoms with E-state index in [4.69, 9.17) is 4.74 Å². The molecule has 3 N–H and O–H groups in total. The first kappa shape index (κ1) is 22.0. The van der Waals surface area contributed by atoms with E-state index in [-0.39, 0.29) is 17.4 Å². The Balaban J connectivity index is 2.12. The second kappa shape index (κ2) is 11.5. The van der Waals surface area contributed by atoms with Crippen molar-refractivity contribution in [2.75, 3.05) is 33.3 Å². The summed E-state index contributed by atoms with van der Waals surface area (Å²) in [5.41, 5.74) is 0.826. The van der Waals surface area contributed by atoms with E-state index in [9.17, 15) is 4.79 Å². The number of nitrogens with zero attached hydrogens (tertiary/aromatic N) is 1. The highest BCUT2D eigenvalue weighted by Crippen LogP contribution is 2.15. The van der Waals surface area contributed by atoms with Crippen LogP contribution < -0.4 is 16.0 Å². The summed E-state index contributed by atoms with van der Waals surface area (Å²) < 4.78 is 5.85. The number of benzene rings is 1. The van der Waals surface area contributed by atoms with Crippen molar-refractivity contribution < 1.29 is 9.53 Å². The monoisotopic (exact) mass is 362 g/mol. The van der Waals surface area contributed by atoms with E-state index < -0.39 is 0 Å². The van der Waals surface area contributed by atoms with Gasteiger partial charge in [0, 0.05) is 38.7 Å². The maximum atomic E-state index is 11.8. The average Bonchev–Trinajstić information content (AvgIpc) is 2.62. The van der Waals surface area contributed by atoms with Crippen LogP contribution in [0, 0.1) is 5.41 Å². The highest BCUT2D eigenvalue weighted by atomic mass is 16.5. The van der Waals surface area contributed by atoms with Gasteiger partial charge in [0.1, 0.15) is 0 Å². The topological polar surface area (TPSA) is 74.8 Å². The van der Waals surface area contributed by atoms with E-state index in [1.807, 2.05) is 39.0 Å². The number of guanidine groups is 1. The maximum absolute atomic E-state index is 11.8. The van der Waals surface area contributed by atoms with Gasteiger partial charge in [0.05, 0.1) is 6.10 Å². The zero-order chi connectivity index (χ0) is 19.4. The van der Waals surface area contributed by atoms with Crippen molar-refractivity contribution in [1.82, 2.24) is 16.0 Å². The van der Waals surface area contributed by atoms with Crippen molar-refractivity contribution >= 4 is 11.9 Å². The Kier molecular flexibility index (Phi) is 9.73. The molecule has 1 rings (SSSR count). The van der Waals surface area contributed by atoms with Gasteiger partial charge in [-0.15, -0.1) is 0 Å². The molecule has 0 bridgehead atoms. The average molecular weight is 363 g/mol. The minimum atomic E-state index is -0.364. The fraction of sp³-hybridized carbons (Fsp3) is 0.600. The van der Waals surface area contributed by atoms with Crippen LogP contribution in [-0.4, -0.2) is 45.2 Å². The summed E-state index contributed by atoms with van der Waals surface area (Å²) >= 11 is 0. The summed E-state index contributed by atoms with van der Waals surface area (Å²) in [6.45, 7) is 10.4. The number of nitrogens with one attached hydrogen (secondary N) is 3. The molecule has 0 spiro atoms. The Hall–Kier alpha value is -2.08. The SMILES string of the molecule is CN=C(NCCCOC(C)c1ccccc1)NCCNC(=O)C(C)(C)C. The highest BCUT2D eigenvalue weighted by molar-refractivity contribution is 5.81. The van der Waals surface area contributed by atoms with Crippen molar-refractivity contribution in [2.24, 2.45) is 10.4 Å². The number of hydrogen-bond donors (Lipinski definition) is 3. The summed E-state index contributed by atoms with van der Waals surface area (Å²) in [5.74, 6) is 0.776. The number of rotatable bonds is 9. The number of carbonyl (C=O) groups excluding carboxylic acids is 1. The fourth-order valence-electron chi connectivity index (χ4n) is 2.20. The van der Waals surface area contributed by atoms with Gasteiger partial charge in [0.2, 0.25) is 5.91 Å². The van der Waals surface area contributed by atoms with E-state index in [0.717, 1.165) is 18.9 Å². The van der Waals surface area contributed by atoms with Gasteiger partial charge in [0.15, 0.2) is 5.96 Å². The Morgan fingerprint density at radius 3 is 2.31 bits per heavy atom. The fourth-order valence-corrected chi connectivity index (χ4v) is 2.20. The minimum absolute atomic E-state index is 0.0481. The van der Waals surface area contributed by atoms with Crippen LogP contribution in [0.15, 0.2) is 35.3 Å². The van der Waals surface area contributed by atoms with Crippen molar-refractivity contribution in [2.45, 2.75) is 40.2 Å². The Labute approximate surface area is 157 Å². The molecule has 0 aromatic heterocycles. The second-order valence-corrected chi connectivity index (χ2v) is 7.21. The van der Waals surface area contributed by atoms with Crippen LogP contribution in [0.1, 0.15) is 45.8 Å². The second-order valence-electron chi connectivity index (χ2n) is 7.21. The zero-order valence-electron chi connectivity index (χ0n) is 16.8. The van der Waals surface area contributed by atoms with Crippen molar-refractivity contribution in [1.29, 1.82) is 0 Å². The van der Waals surface area contributed by atoms with Crippen LogP contribution in [0.25, 0.3) is 0 Å². The van der Waals surface area contributed by atoms with Gasteiger partial charge in [-0.2, -0.15) is 0 Å². The summed E-state index contributed by atoms with van der Waals surface area (Å²) in [7, 11) is 1.73. The lowest BCUT2D eigenvalue weighted by atomic mass is 9.96. The molecule has 1 atom stereocenters. The largest absolute Gasteiger partial charge is 0.374 e. The molecule has 0 radical (unpaired) electrons. The van der Waals surface area contributed by atoms with Crippen LogP contribution in [0.2, 0.25) is 0 Å². The van der Waals surface area contributed by atoms with Crippen LogP contribution in [0.4, 0.5) is 0 Å². The first-order valence-electron chi connectivity index (χ1n) is 9.24. The summed E-state index contributed by atoms with van der Waals surface area (Å²) in [5, 5.41) is 9.33. The predicted molar refractivity (Wildman–Crippen MR) is 107 cm³/mol. The Morgan fingerprint density at radius 1 is 1.08 bits per heavy atom. The predicted octanol–water partition coefficient (Wildman–Crippen LogP) is 2.48. The molecular weight excluding hydrogens is 328 g/mol. The third kappa shape index (κ3) is 8.85. The number of amides is 1. The third-order valence-electron chi connectivity index (χ3n) is 3.86. The lowest BCUT2D eigenvalue weighted by Gasteiger charge is -2.18. The highest BCUT2D eigenvalue weighted by Gasteiger charge is 2.20. The van der Waals surface area contributed by atoms with E-state index in [1.54, 1.807) is 7.05 Å². The van der Waals surface area contributed by atoms with Gasteiger partial charge >= 0.3 is 0 Å². The number of hydrogen-bond acceptors (Lipinski definition) is 3. The van der Waals surface area contributed by atoms with Gasteiger partial charge in [-0.25, -0.2) is 0 Å². The molecule has 1 aromatic carbocycles.